The van der Waals surface area contributed by atoms with Crippen molar-refractivity contribution in [3.8, 4) is 5.69 Å². The highest BCUT2D eigenvalue weighted by atomic mass is 127. The lowest BCUT2D eigenvalue weighted by Gasteiger charge is -2.11. The Morgan fingerprint density at radius 3 is 2.61 bits per heavy atom. The summed E-state index contributed by atoms with van der Waals surface area (Å²) in [6.45, 7) is 5.53. The number of rotatable bonds is 7. The molecule has 8 heteroatoms. The van der Waals surface area contributed by atoms with Gasteiger partial charge in [-0.2, -0.15) is 5.10 Å². The van der Waals surface area contributed by atoms with Crippen LogP contribution in [-0.4, -0.2) is 34.5 Å². The standard InChI is InChI=1S/C20H26N6O.HI/c1-15(2)19-13-18(27-25-19)14-23-20(21-3)22-11-9-16-5-7-17(8-6-16)26-12-4-10-24-26;/h4-8,10,12-13,15H,9,11,14H2,1-3H3,(H2,21,22,23);1H. The number of benzene rings is 1. The van der Waals surface area contributed by atoms with E-state index in [1.54, 1.807) is 13.2 Å². The minimum atomic E-state index is 0. The average Bonchev–Trinajstić information content (AvgIpc) is 3.37. The molecule has 0 bridgehead atoms. The van der Waals surface area contributed by atoms with Crippen molar-refractivity contribution in [3.05, 3.63) is 65.8 Å². The van der Waals surface area contributed by atoms with Crippen molar-refractivity contribution in [2.45, 2.75) is 32.7 Å². The summed E-state index contributed by atoms with van der Waals surface area (Å²) in [5.41, 5.74) is 3.28. The summed E-state index contributed by atoms with van der Waals surface area (Å²) < 4.78 is 7.18. The normalized spacial score (nSPS) is 11.4. The fourth-order valence-electron chi connectivity index (χ4n) is 2.64. The second-order valence-electron chi connectivity index (χ2n) is 6.59. The number of nitrogens with one attached hydrogen (secondary N) is 2. The number of aromatic nitrogens is 3. The molecule has 150 valence electrons. The maximum Gasteiger partial charge on any atom is 0.191 e. The van der Waals surface area contributed by atoms with Crippen LogP contribution >= 0.6 is 24.0 Å². The van der Waals surface area contributed by atoms with Crippen molar-refractivity contribution < 1.29 is 4.52 Å². The molecule has 2 N–H and O–H groups in total. The predicted octanol–water partition coefficient (Wildman–Crippen LogP) is 3.51. The largest absolute Gasteiger partial charge is 0.359 e. The lowest BCUT2D eigenvalue weighted by Crippen LogP contribution is -2.37. The van der Waals surface area contributed by atoms with Crippen LogP contribution < -0.4 is 10.6 Å². The molecule has 0 radical (unpaired) electrons. The zero-order valence-electron chi connectivity index (χ0n) is 16.4. The Bertz CT molecular complexity index is 855. The third kappa shape index (κ3) is 6.08. The number of nitrogens with zero attached hydrogens (tertiary/aromatic N) is 4. The van der Waals surface area contributed by atoms with Gasteiger partial charge in [0.1, 0.15) is 0 Å². The summed E-state index contributed by atoms with van der Waals surface area (Å²) in [6.07, 6.45) is 4.61. The van der Waals surface area contributed by atoms with Gasteiger partial charge in [0, 0.05) is 32.1 Å². The number of hydrogen-bond acceptors (Lipinski definition) is 4. The molecule has 0 fully saturated rings. The van der Waals surface area contributed by atoms with Crippen LogP contribution in [0.15, 0.2) is 58.3 Å². The van der Waals surface area contributed by atoms with Gasteiger partial charge in [-0.1, -0.05) is 31.1 Å². The molecule has 2 aromatic heterocycles. The summed E-state index contributed by atoms with van der Waals surface area (Å²) >= 11 is 0. The van der Waals surface area contributed by atoms with E-state index < -0.39 is 0 Å². The minimum Gasteiger partial charge on any atom is -0.359 e. The first kappa shape index (κ1) is 21.9. The van der Waals surface area contributed by atoms with E-state index in [-0.39, 0.29) is 24.0 Å². The van der Waals surface area contributed by atoms with Gasteiger partial charge in [-0.25, -0.2) is 4.68 Å². The van der Waals surface area contributed by atoms with Crippen LogP contribution in [0, 0.1) is 0 Å². The molecule has 0 aliphatic carbocycles. The van der Waals surface area contributed by atoms with Gasteiger partial charge in [0.2, 0.25) is 0 Å². The van der Waals surface area contributed by atoms with Gasteiger partial charge in [0.05, 0.1) is 17.9 Å². The van der Waals surface area contributed by atoms with Gasteiger partial charge in [0.25, 0.3) is 0 Å². The average molecular weight is 494 g/mol. The van der Waals surface area contributed by atoms with Gasteiger partial charge >= 0.3 is 0 Å². The maximum atomic E-state index is 5.33. The Hall–Kier alpha value is -2.36. The molecule has 28 heavy (non-hydrogen) atoms. The molecule has 2 heterocycles. The zero-order valence-corrected chi connectivity index (χ0v) is 18.8. The SMILES string of the molecule is CN=C(NCCc1ccc(-n2cccn2)cc1)NCc1cc(C(C)C)no1.I. The molecular weight excluding hydrogens is 467 g/mol. The van der Waals surface area contributed by atoms with Crippen LogP contribution in [0.2, 0.25) is 0 Å². The van der Waals surface area contributed by atoms with E-state index >= 15 is 0 Å². The fourth-order valence-corrected chi connectivity index (χ4v) is 2.64. The topological polar surface area (TPSA) is 80.3 Å². The predicted molar refractivity (Wildman–Crippen MR) is 121 cm³/mol. The highest BCUT2D eigenvalue weighted by Gasteiger charge is 2.08. The van der Waals surface area contributed by atoms with Crippen LogP contribution in [0.1, 0.15) is 36.8 Å². The van der Waals surface area contributed by atoms with Crippen molar-refractivity contribution in [1.82, 2.24) is 25.6 Å². The Labute approximate surface area is 182 Å². The van der Waals surface area contributed by atoms with Crippen LogP contribution in [0.3, 0.4) is 0 Å². The molecule has 0 saturated heterocycles. The molecule has 0 saturated carbocycles. The fraction of sp³-hybridized carbons (Fsp3) is 0.350. The third-order valence-corrected chi connectivity index (χ3v) is 4.23. The van der Waals surface area contributed by atoms with E-state index in [1.165, 1.54) is 5.56 Å². The quantitative estimate of drug-likeness (QED) is 0.299. The van der Waals surface area contributed by atoms with Crippen LogP contribution in [0.25, 0.3) is 5.69 Å². The minimum absolute atomic E-state index is 0. The summed E-state index contributed by atoms with van der Waals surface area (Å²) in [4.78, 5) is 4.24. The smallest absolute Gasteiger partial charge is 0.191 e. The molecule has 1 aromatic carbocycles. The molecule has 3 aromatic rings. The second kappa shape index (κ2) is 10.8. The number of halogens is 1. The number of aliphatic imine (C=N–C) groups is 1. The lowest BCUT2D eigenvalue weighted by molar-refractivity contribution is 0.372. The van der Waals surface area contributed by atoms with Crippen molar-refractivity contribution in [2.24, 2.45) is 4.99 Å². The molecule has 0 unspecified atom stereocenters. The molecule has 0 atom stereocenters. The van der Waals surface area contributed by atoms with Crippen LogP contribution in [0.5, 0.6) is 0 Å². The number of guanidine groups is 1. The van der Waals surface area contributed by atoms with Crippen molar-refractivity contribution >= 4 is 29.9 Å². The first-order valence-electron chi connectivity index (χ1n) is 9.14. The molecule has 0 aliphatic heterocycles. The van der Waals surface area contributed by atoms with Crippen molar-refractivity contribution in [1.29, 1.82) is 0 Å². The van der Waals surface area contributed by atoms with Crippen LogP contribution in [-0.2, 0) is 13.0 Å². The Morgan fingerprint density at radius 1 is 1.21 bits per heavy atom. The van der Waals surface area contributed by atoms with E-state index in [9.17, 15) is 0 Å². The van der Waals surface area contributed by atoms with E-state index in [1.807, 2.05) is 23.0 Å². The van der Waals surface area contributed by atoms with Gasteiger partial charge < -0.3 is 15.2 Å². The molecule has 7 nitrogen and oxygen atoms in total. The highest BCUT2D eigenvalue weighted by Crippen LogP contribution is 2.13. The monoisotopic (exact) mass is 494 g/mol. The first-order chi connectivity index (χ1) is 13.2. The summed E-state index contributed by atoms with van der Waals surface area (Å²) in [6, 6.07) is 12.3. The van der Waals surface area contributed by atoms with Gasteiger partial charge in [-0.3, -0.25) is 4.99 Å². The summed E-state index contributed by atoms with van der Waals surface area (Å²) in [5, 5.41) is 14.9. The van der Waals surface area contributed by atoms with E-state index in [2.05, 4.69) is 64.0 Å². The van der Waals surface area contributed by atoms with Gasteiger partial charge in [-0.05, 0) is 36.1 Å². The van der Waals surface area contributed by atoms with Gasteiger partial charge in [0.15, 0.2) is 11.7 Å². The zero-order chi connectivity index (χ0) is 19.1. The highest BCUT2D eigenvalue weighted by molar-refractivity contribution is 14.0. The summed E-state index contributed by atoms with van der Waals surface area (Å²) in [5.74, 6) is 1.90. The number of hydrogen-bond donors (Lipinski definition) is 2. The molecular formula is C20H27IN6O. The second-order valence-corrected chi connectivity index (χ2v) is 6.59. The summed E-state index contributed by atoms with van der Waals surface area (Å²) in [7, 11) is 1.76. The maximum absolute atomic E-state index is 5.33. The Balaban J connectivity index is 0.00000280. The van der Waals surface area contributed by atoms with Crippen molar-refractivity contribution in [2.75, 3.05) is 13.6 Å². The Kier molecular flexibility index (Phi) is 8.49. The molecule has 0 amide bonds. The lowest BCUT2D eigenvalue weighted by atomic mass is 10.1. The van der Waals surface area contributed by atoms with E-state index in [4.69, 9.17) is 4.52 Å². The molecule has 0 spiro atoms. The molecule has 0 aliphatic rings. The van der Waals surface area contributed by atoms with E-state index in [0.29, 0.717) is 12.5 Å². The molecule has 3 rings (SSSR count). The van der Waals surface area contributed by atoms with E-state index in [0.717, 1.165) is 36.1 Å². The van der Waals surface area contributed by atoms with Crippen molar-refractivity contribution in [3.63, 3.8) is 0 Å². The van der Waals surface area contributed by atoms with Gasteiger partial charge in [-0.15, -0.1) is 24.0 Å². The first-order valence-corrected chi connectivity index (χ1v) is 9.14. The third-order valence-electron chi connectivity index (χ3n) is 4.23. The Morgan fingerprint density at radius 2 is 2.00 bits per heavy atom. The van der Waals surface area contributed by atoms with Crippen LogP contribution in [0.4, 0.5) is 0 Å².